The number of hydrogen-bond donors (Lipinski definition) is 3. The normalized spacial score (nSPS) is 27.9. The number of amides is 3. The molecule has 0 spiro atoms. The molecule has 10 heteroatoms. The molecule has 3 amide bonds. The number of hydrogen-bond acceptors (Lipinski definition) is 5. The van der Waals surface area contributed by atoms with Crippen LogP contribution < -0.4 is 21.1 Å². The van der Waals surface area contributed by atoms with Gasteiger partial charge in [-0.2, -0.15) is 0 Å². The van der Waals surface area contributed by atoms with Gasteiger partial charge in [0.25, 0.3) is 5.91 Å². The molecule has 0 radical (unpaired) electrons. The number of rotatable bonds is 8. The molecule has 3 fully saturated rings. The molecular formula is C21H22ClFN4O4. The van der Waals surface area contributed by atoms with Gasteiger partial charge in [-0.3, -0.25) is 19.4 Å². The highest BCUT2D eigenvalue weighted by atomic mass is 35.5. The number of halogens is 2. The van der Waals surface area contributed by atoms with Gasteiger partial charge in [0.15, 0.2) is 6.61 Å². The molecule has 1 aromatic carbocycles. The fourth-order valence-corrected chi connectivity index (χ4v) is 4.59. The third-order valence-electron chi connectivity index (χ3n) is 5.99. The van der Waals surface area contributed by atoms with Gasteiger partial charge in [-0.05, 0) is 37.8 Å². The molecule has 2 bridgehead atoms. The molecule has 1 aromatic rings. The molecule has 0 saturated heterocycles. The maximum absolute atomic E-state index is 13.4. The Kier molecular flexibility index (Phi) is 5.47. The Morgan fingerprint density at radius 3 is 2.65 bits per heavy atom. The van der Waals surface area contributed by atoms with Gasteiger partial charge in [-0.1, -0.05) is 17.7 Å². The first-order chi connectivity index (χ1) is 14.7. The van der Waals surface area contributed by atoms with Crippen molar-refractivity contribution >= 4 is 35.5 Å². The van der Waals surface area contributed by atoms with E-state index in [-0.39, 0.29) is 40.8 Å². The molecule has 0 aromatic heterocycles. The van der Waals surface area contributed by atoms with Gasteiger partial charge in [0.05, 0.1) is 22.1 Å². The number of benzene rings is 1. The summed E-state index contributed by atoms with van der Waals surface area (Å²) in [6, 6.07) is 3.85. The van der Waals surface area contributed by atoms with Crippen LogP contribution in [0.3, 0.4) is 0 Å². The Hall–Kier alpha value is -2.94. The maximum Gasteiger partial charge on any atom is 0.258 e. The van der Waals surface area contributed by atoms with Gasteiger partial charge in [-0.25, -0.2) is 4.39 Å². The van der Waals surface area contributed by atoms with Crippen LogP contribution in [0.1, 0.15) is 25.7 Å². The van der Waals surface area contributed by atoms with Crippen LogP contribution in [0.5, 0.6) is 5.75 Å². The zero-order valence-corrected chi connectivity index (χ0v) is 17.4. The first-order valence-corrected chi connectivity index (χ1v) is 10.3. The Morgan fingerprint density at radius 2 is 2.03 bits per heavy atom. The van der Waals surface area contributed by atoms with E-state index in [0.29, 0.717) is 37.8 Å². The fraction of sp³-hybridized carbons (Fsp3) is 0.429. The third-order valence-corrected chi connectivity index (χ3v) is 6.30. The molecule has 4 N–H and O–H groups in total. The third kappa shape index (κ3) is 4.27. The molecule has 3 aliphatic carbocycles. The SMILES string of the molecule is NC(=O)C1=CCC(CNC(=O)C23CC(NC(=O)COc4ccc(Cl)c(F)c4)(C2)C3)N=C1. The van der Waals surface area contributed by atoms with E-state index >= 15 is 0 Å². The van der Waals surface area contributed by atoms with Gasteiger partial charge < -0.3 is 21.1 Å². The highest BCUT2D eigenvalue weighted by molar-refractivity contribution is 6.30. The van der Waals surface area contributed by atoms with E-state index < -0.39 is 17.1 Å². The monoisotopic (exact) mass is 448 g/mol. The molecule has 31 heavy (non-hydrogen) atoms. The largest absolute Gasteiger partial charge is 0.484 e. The van der Waals surface area contributed by atoms with Gasteiger partial charge in [0.2, 0.25) is 11.8 Å². The molecule has 3 saturated carbocycles. The van der Waals surface area contributed by atoms with Crippen LogP contribution in [0.2, 0.25) is 5.02 Å². The van der Waals surface area contributed by atoms with Gasteiger partial charge in [-0.15, -0.1) is 0 Å². The number of carbonyl (C=O) groups excluding carboxylic acids is 3. The lowest BCUT2D eigenvalue weighted by Gasteiger charge is -2.69. The molecular weight excluding hydrogens is 427 g/mol. The maximum atomic E-state index is 13.4. The van der Waals surface area contributed by atoms with E-state index in [4.69, 9.17) is 22.1 Å². The number of ether oxygens (including phenoxy) is 1. The first-order valence-electron chi connectivity index (χ1n) is 9.91. The van der Waals surface area contributed by atoms with Crippen molar-refractivity contribution in [3.63, 3.8) is 0 Å². The number of dihydropyridines is 1. The molecule has 5 rings (SSSR count). The number of carbonyl (C=O) groups is 3. The van der Waals surface area contributed by atoms with Gasteiger partial charge >= 0.3 is 0 Å². The van der Waals surface area contributed by atoms with E-state index in [1.807, 2.05) is 0 Å². The van der Waals surface area contributed by atoms with Gasteiger partial charge in [0, 0.05) is 24.4 Å². The van der Waals surface area contributed by atoms with E-state index in [2.05, 4.69) is 15.6 Å². The van der Waals surface area contributed by atoms with Crippen LogP contribution in [0, 0.1) is 11.2 Å². The van der Waals surface area contributed by atoms with Crippen LogP contribution in [0.15, 0.2) is 34.8 Å². The van der Waals surface area contributed by atoms with Crippen LogP contribution in [0.4, 0.5) is 4.39 Å². The van der Waals surface area contributed by atoms with Crippen molar-refractivity contribution in [3.8, 4) is 5.75 Å². The molecule has 164 valence electrons. The molecule has 1 aliphatic heterocycles. The van der Waals surface area contributed by atoms with E-state index in [0.717, 1.165) is 6.07 Å². The minimum Gasteiger partial charge on any atom is -0.484 e. The van der Waals surface area contributed by atoms with E-state index in [1.54, 1.807) is 6.08 Å². The smallest absolute Gasteiger partial charge is 0.258 e. The summed E-state index contributed by atoms with van der Waals surface area (Å²) in [4.78, 5) is 40.1. The number of primary amides is 1. The van der Waals surface area contributed by atoms with Crippen molar-refractivity contribution < 1.29 is 23.5 Å². The van der Waals surface area contributed by atoms with Crippen LogP contribution in [-0.2, 0) is 14.4 Å². The van der Waals surface area contributed by atoms with Crippen molar-refractivity contribution in [1.29, 1.82) is 0 Å². The number of aliphatic imine (C=N–C) groups is 1. The van der Waals surface area contributed by atoms with Crippen molar-refractivity contribution in [1.82, 2.24) is 10.6 Å². The van der Waals surface area contributed by atoms with Gasteiger partial charge in [0.1, 0.15) is 11.6 Å². The average molecular weight is 449 g/mol. The highest BCUT2D eigenvalue weighted by Crippen LogP contribution is 2.67. The predicted molar refractivity (Wildman–Crippen MR) is 111 cm³/mol. The minimum absolute atomic E-state index is 0.0172. The summed E-state index contributed by atoms with van der Waals surface area (Å²) in [6.07, 6.45) is 5.43. The molecule has 1 atom stereocenters. The Labute approximate surface area is 183 Å². The van der Waals surface area contributed by atoms with E-state index in [9.17, 15) is 18.8 Å². The second-order valence-corrected chi connectivity index (χ2v) is 8.81. The lowest BCUT2D eigenvalue weighted by molar-refractivity contribution is -0.184. The molecule has 8 nitrogen and oxygen atoms in total. The quantitative estimate of drug-likeness (QED) is 0.554. The average Bonchev–Trinajstić information content (AvgIpc) is 2.69. The van der Waals surface area contributed by atoms with Crippen molar-refractivity contribution in [2.24, 2.45) is 16.1 Å². The summed E-state index contributed by atoms with van der Waals surface area (Å²) in [7, 11) is 0. The number of nitrogens with two attached hydrogens (primary N) is 1. The number of nitrogens with zero attached hydrogens (tertiary/aromatic N) is 1. The van der Waals surface area contributed by atoms with Crippen molar-refractivity contribution in [3.05, 3.63) is 40.7 Å². The summed E-state index contributed by atoms with van der Waals surface area (Å²) >= 11 is 5.62. The summed E-state index contributed by atoms with van der Waals surface area (Å²) in [6.45, 7) is 0.132. The van der Waals surface area contributed by atoms with E-state index in [1.165, 1.54) is 18.3 Å². The Balaban J connectivity index is 1.17. The Morgan fingerprint density at radius 1 is 1.29 bits per heavy atom. The van der Waals surface area contributed by atoms with Crippen molar-refractivity contribution in [2.45, 2.75) is 37.3 Å². The zero-order chi connectivity index (χ0) is 22.2. The topological polar surface area (TPSA) is 123 Å². The fourth-order valence-electron chi connectivity index (χ4n) is 4.47. The molecule has 1 unspecified atom stereocenters. The highest BCUT2D eigenvalue weighted by Gasteiger charge is 2.72. The molecule has 4 aliphatic rings. The Bertz CT molecular complexity index is 989. The number of nitrogens with one attached hydrogen (secondary N) is 2. The summed E-state index contributed by atoms with van der Waals surface area (Å²) in [5.41, 5.74) is 4.77. The summed E-state index contributed by atoms with van der Waals surface area (Å²) < 4.78 is 18.7. The zero-order valence-electron chi connectivity index (χ0n) is 16.6. The van der Waals surface area contributed by atoms with Crippen LogP contribution >= 0.6 is 11.6 Å². The molecule has 1 heterocycles. The lowest BCUT2D eigenvalue weighted by atomic mass is 9.39. The summed E-state index contributed by atoms with van der Waals surface area (Å²) in [5.74, 6) is -1.28. The minimum atomic E-state index is -0.616. The predicted octanol–water partition coefficient (Wildman–Crippen LogP) is 1.27. The summed E-state index contributed by atoms with van der Waals surface area (Å²) in [5, 5.41) is 5.82. The second-order valence-electron chi connectivity index (χ2n) is 8.41. The lowest BCUT2D eigenvalue weighted by Crippen LogP contribution is -2.78. The van der Waals surface area contributed by atoms with Crippen LogP contribution in [-0.4, -0.2) is 48.7 Å². The standard InChI is InChI=1S/C21H22ClFN4O4/c22-15-4-3-14(5-16(15)23)31-8-17(28)27-21-9-20(10-21,11-21)19(30)26-7-13-2-1-12(6-25-13)18(24)29/h1,3-6,13H,2,7-11H2,(H2,24,29)(H,26,30)(H,27,28). The second kappa shape index (κ2) is 7.96. The van der Waals surface area contributed by atoms with Crippen LogP contribution in [0.25, 0.3) is 0 Å². The van der Waals surface area contributed by atoms with Crippen molar-refractivity contribution in [2.75, 3.05) is 13.2 Å². The first kappa shape index (κ1) is 21.3.